The van der Waals surface area contributed by atoms with Gasteiger partial charge in [0.1, 0.15) is 0 Å². The van der Waals surface area contributed by atoms with E-state index in [4.69, 9.17) is 5.11 Å². The van der Waals surface area contributed by atoms with Gasteiger partial charge in [0, 0.05) is 45.8 Å². The van der Waals surface area contributed by atoms with Crippen molar-refractivity contribution in [1.82, 2.24) is 14.7 Å². The van der Waals surface area contributed by atoms with E-state index in [2.05, 4.69) is 21.7 Å². The van der Waals surface area contributed by atoms with E-state index in [9.17, 15) is 4.79 Å². The maximum atomic E-state index is 10.8. The Kier molecular flexibility index (Phi) is 4.36. The molecule has 0 radical (unpaired) electrons. The first-order valence-electron chi connectivity index (χ1n) is 6.51. The van der Waals surface area contributed by atoms with Crippen molar-refractivity contribution in [2.24, 2.45) is 5.92 Å². The third-order valence-corrected chi connectivity index (χ3v) is 3.95. The molecular weight excluding hydrogens is 218 g/mol. The molecule has 5 nitrogen and oxygen atoms in total. The van der Waals surface area contributed by atoms with E-state index in [1.54, 1.807) is 0 Å². The van der Waals surface area contributed by atoms with Crippen LogP contribution in [0.2, 0.25) is 0 Å². The van der Waals surface area contributed by atoms with Crippen molar-refractivity contribution in [3.05, 3.63) is 0 Å². The van der Waals surface area contributed by atoms with Crippen molar-refractivity contribution in [3.8, 4) is 0 Å². The van der Waals surface area contributed by atoms with Gasteiger partial charge in [-0.1, -0.05) is 0 Å². The Morgan fingerprint density at radius 2 is 1.76 bits per heavy atom. The summed E-state index contributed by atoms with van der Waals surface area (Å²) >= 11 is 0. The summed E-state index contributed by atoms with van der Waals surface area (Å²) in [4.78, 5) is 18.0. The lowest BCUT2D eigenvalue weighted by atomic mass is 10.1. The summed E-state index contributed by atoms with van der Waals surface area (Å²) < 4.78 is 0. The highest BCUT2D eigenvalue weighted by molar-refractivity contribution is 5.70. The molecule has 2 rings (SSSR count). The summed E-state index contributed by atoms with van der Waals surface area (Å²) in [6, 6.07) is 0. The van der Waals surface area contributed by atoms with Crippen molar-refractivity contribution >= 4 is 5.97 Å². The Morgan fingerprint density at radius 1 is 1.12 bits per heavy atom. The fourth-order valence-corrected chi connectivity index (χ4v) is 2.59. The quantitative estimate of drug-likeness (QED) is 0.728. The average molecular weight is 241 g/mol. The van der Waals surface area contributed by atoms with Gasteiger partial charge in [0.2, 0.25) is 0 Å². The first-order chi connectivity index (χ1) is 8.15. The van der Waals surface area contributed by atoms with Crippen LogP contribution >= 0.6 is 0 Å². The standard InChI is InChI=1S/C12H23N3O2/c1-13-4-6-14(7-5-13)8-9-15-3-2-11(10-15)12(16)17/h11H,2-10H2,1H3,(H,16,17). The van der Waals surface area contributed by atoms with Gasteiger partial charge in [0.05, 0.1) is 5.92 Å². The number of carbonyl (C=O) groups is 1. The van der Waals surface area contributed by atoms with E-state index in [-0.39, 0.29) is 5.92 Å². The van der Waals surface area contributed by atoms with Crippen molar-refractivity contribution in [2.75, 3.05) is 59.4 Å². The monoisotopic (exact) mass is 241 g/mol. The van der Waals surface area contributed by atoms with Gasteiger partial charge in [0.15, 0.2) is 0 Å². The van der Waals surface area contributed by atoms with Gasteiger partial charge in [-0.05, 0) is 20.0 Å². The zero-order chi connectivity index (χ0) is 12.3. The SMILES string of the molecule is CN1CCN(CCN2CCC(C(=O)O)C2)CC1. The number of carboxylic acid groups (broad SMARTS) is 1. The summed E-state index contributed by atoms with van der Waals surface area (Å²) in [5.74, 6) is -0.769. The number of piperazine rings is 1. The molecule has 1 N–H and O–H groups in total. The minimum Gasteiger partial charge on any atom is -0.481 e. The number of rotatable bonds is 4. The molecular formula is C12H23N3O2. The lowest BCUT2D eigenvalue weighted by molar-refractivity contribution is -0.141. The van der Waals surface area contributed by atoms with E-state index in [1.807, 2.05) is 0 Å². The molecule has 0 aromatic heterocycles. The van der Waals surface area contributed by atoms with Crippen molar-refractivity contribution in [2.45, 2.75) is 6.42 Å². The first kappa shape index (κ1) is 12.8. The summed E-state index contributed by atoms with van der Waals surface area (Å²) in [6.45, 7) is 8.39. The third kappa shape index (κ3) is 3.66. The predicted molar refractivity (Wildman–Crippen MR) is 66.1 cm³/mol. The number of likely N-dealkylation sites (tertiary alicyclic amines) is 1. The number of aliphatic carboxylic acids is 1. The van der Waals surface area contributed by atoms with Crippen molar-refractivity contribution in [1.29, 1.82) is 0 Å². The summed E-state index contributed by atoms with van der Waals surface area (Å²) in [5.41, 5.74) is 0. The van der Waals surface area contributed by atoms with Crippen LogP contribution in [0.3, 0.4) is 0 Å². The van der Waals surface area contributed by atoms with Crippen LogP contribution in [-0.4, -0.2) is 85.2 Å². The lowest BCUT2D eigenvalue weighted by Crippen LogP contribution is -2.46. The molecule has 1 atom stereocenters. The fourth-order valence-electron chi connectivity index (χ4n) is 2.59. The maximum Gasteiger partial charge on any atom is 0.307 e. The summed E-state index contributed by atoms with van der Waals surface area (Å²) in [7, 11) is 2.16. The molecule has 2 aliphatic heterocycles. The number of hydrogen-bond donors (Lipinski definition) is 1. The van der Waals surface area contributed by atoms with Gasteiger partial charge in [-0.25, -0.2) is 0 Å². The van der Waals surface area contributed by atoms with E-state index in [1.165, 1.54) is 0 Å². The van der Waals surface area contributed by atoms with Crippen LogP contribution in [0.1, 0.15) is 6.42 Å². The Balaban J connectivity index is 1.64. The molecule has 0 spiro atoms. The second-order valence-electron chi connectivity index (χ2n) is 5.27. The van der Waals surface area contributed by atoms with Crippen LogP contribution in [0.4, 0.5) is 0 Å². The molecule has 0 aromatic rings. The van der Waals surface area contributed by atoms with Crippen molar-refractivity contribution in [3.63, 3.8) is 0 Å². The van der Waals surface area contributed by atoms with Crippen molar-refractivity contribution < 1.29 is 9.90 Å². The first-order valence-corrected chi connectivity index (χ1v) is 6.51. The molecule has 0 aliphatic carbocycles. The minimum absolute atomic E-state index is 0.137. The van der Waals surface area contributed by atoms with Crippen LogP contribution in [0.5, 0.6) is 0 Å². The molecule has 2 saturated heterocycles. The molecule has 0 saturated carbocycles. The summed E-state index contributed by atoms with van der Waals surface area (Å²) in [5, 5.41) is 8.93. The van der Waals surface area contributed by atoms with Crippen LogP contribution in [-0.2, 0) is 4.79 Å². The number of hydrogen-bond acceptors (Lipinski definition) is 4. The highest BCUT2D eigenvalue weighted by Crippen LogP contribution is 2.15. The largest absolute Gasteiger partial charge is 0.481 e. The number of nitrogens with zero attached hydrogens (tertiary/aromatic N) is 3. The fraction of sp³-hybridized carbons (Fsp3) is 0.917. The highest BCUT2D eigenvalue weighted by atomic mass is 16.4. The molecule has 2 heterocycles. The van der Waals surface area contributed by atoms with E-state index in [0.29, 0.717) is 0 Å². The third-order valence-electron chi connectivity index (χ3n) is 3.95. The molecule has 17 heavy (non-hydrogen) atoms. The topological polar surface area (TPSA) is 47.0 Å². The zero-order valence-corrected chi connectivity index (χ0v) is 10.6. The smallest absolute Gasteiger partial charge is 0.307 e. The van der Waals surface area contributed by atoms with Gasteiger partial charge in [-0.15, -0.1) is 0 Å². The molecule has 2 aliphatic rings. The molecule has 0 aromatic carbocycles. The molecule has 2 fully saturated rings. The Bertz CT molecular complexity index is 264. The molecule has 98 valence electrons. The van der Waals surface area contributed by atoms with E-state index >= 15 is 0 Å². The Morgan fingerprint density at radius 3 is 2.35 bits per heavy atom. The van der Waals surface area contributed by atoms with E-state index < -0.39 is 5.97 Å². The molecule has 1 unspecified atom stereocenters. The van der Waals surface area contributed by atoms with Gasteiger partial charge in [0.25, 0.3) is 0 Å². The number of carboxylic acids is 1. The average Bonchev–Trinajstić information content (AvgIpc) is 2.77. The molecule has 0 amide bonds. The van der Waals surface area contributed by atoms with Gasteiger partial charge in [-0.2, -0.15) is 0 Å². The Labute approximate surface area is 103 Å². The van der Waals surface area contributed by atoms with Crippen LogP contribution in [0, 0.1) is 5.92 Å². The molecule has 5 heteroatoms. The molecule has 0 bridgehead atoms. The summed E-state index contributed by atoms with van der Waals surface area (Å²) in [6.07, 6.45) is 0.818. The maximum absolute atomic E-state index is 10.8. The second-order valence-corrected chi connectivity index (χ2v) is 5.27. The zero-order valence-electron chi connectivity index (χ0n) is 10.6. The van der Waals surface area contributed by atoms with Gasteiger partial charge >= 0.3 is 5.97 Å². The van der Waals surface area contributed by atoms with Gasteiger partial charge in [-0.3, -0.25) is 9.69 Å². The van der Waals surface area contributed by atoms with Crippen LogP contribution in [0.15, 0.2) is 0 Å². The Hall–Kier alpha value is -0.650. The van der Waals surface area contributed by atoms with Crippen LogP contribution in [0.25, 0.3) is 0 Å². The lowest BCUT2D eigenvalue weighted by Gasteiger charge is -2.33. The van der Waals surface area contributed by atoms with Crippen LogP contribution < -0.4 is 0 Å². The highest BCUT2D eigenvalue weighted by Gasteiger charge is 2.27. The van der Waals surface area contributed by atoms with E-state index in [0.717, 1.165) is 58.8 Å². The minimum atomic E-state index is -0.632. The predicted octanol–water partition coefficient (Wildman–Crippen LogP) is -0.360. The normalized spacial score (nSPS) is 28.6. The van der Waals surface area contributed by atoms with Gasteiger partial charge < -0.3 is 14.9 Å². The second kappa shape index (κ2) is 5.80. The number of likely N-dealkylation sites (N-methyl/N-ethyl adjacent to an activating group) is 1.